The van der Waals surface area contributed by atoms with Crippen molar-refractivity contribution in [2.24, 2.45) is 0 Å². The van der Waals surface area contributed by atoms with E-state index in [0.29, 0.717) is 5.56 Å². The molecule has 0 radical (unpaired) electrons. The summed E-state index contributed by atoms with van der Waals surface area (Å²) >= 11 is 0. The number of amides is 1. The van der Waals surface area contributed by atoms with Gasteiger partial charge in [0.1, 0.15) is 5.82 Å². The number of nitrogens with one attached hydrogen (secondary N) is 2. The number of carbonyl (C=O) groups excluding carboxylic acids is 1. The van der Waals surface area contributed by atoms with Gasteiger partial charge in [-0.1, -0.05) is 30.3 Å². The van der Waals surface area contributed by atoms with Crippen molar-refractivity contribution in [2.75, 3.05) is 11.9 Å². The summed E-state index contributed by atoms with van der Waals surface area (Å²) in [4.78, 5) is 12.2. The molecule has 2 N–H and O–H groups in total. The molecule has 4 heteroatoms. The Kier molecular flexibility index (Phi) is 5.16. The molecule has 0 aliphatic carbocycles. The Balaban J connectivity index is 2.01. The van der Waals surface area contributed by atoms with Gasteiger partial charge >= 0.3 is 0 Å². The van der Waals surface area contributed by atoms with Gasteiger partial charge < -0.3 is 5.32 Å². The molecule has 0 aromatic heterocycles. The molecule has 0 heterocycles. The summed E-state index contributed by atoms with van der Waals surface area (Å²) in [7, 11) is 0. The molecule has 2 aromatic carbocycles. The number of halogens is 1. The van der Waals surface area contributed by atoms with Gasteiger partial charge in [-0.2, -0.15) is 0 Å². The molecular weight excluding hydrogens is 291 g/mol. The van der Waals surface area contributed by atoms with Gasteiger partial charge in [-0.3, -0.25) is 10.1 Å². The van der Waals surface area contributed by atoms with E-state index in [1.807, 2.05) is 45.9 Å². The number of benzene rings is 2. The fourth-order valence-corrected chi connectivity index (χ4v) is 2.43. The maximum absolute atomic E-state index is 13.9. The maximum atomic E-state index is 13.9. The van der Waals surface area contributed by atoms with Crippen molar-refractivity contribution in [3.8, 4) is 0 Å². The first kappa shape index (κ1) is 17.2. The molecule has 2 aromatic rings. The van der Waals surface area contributed by atoms with Gasteiger partial charge in [-0.15, -0.1) is 0 Å². The normalized spacial score (nSPS) is 11.3. The van der Waals surface area contributed by atoms with Gasteiger partial charge in [-0.25, -0.2) is 4.39 Å². The van der Waals surface area contributed by atoms with E-state index in [0.717, 1.165) is 16.8 Å². The maximum Gasteiger partial charge on any atom is 0.238 e. The van der Waals surface area contributed by atoms with E-state index in [-0.39, 0.29) is 18.3 Å². The molecule has 0 aliphatic rings. The van der Waals surface area contributed by atoms with E-state index in [9.17, 15) is 9.18 Å². The zero-order chi connectivity index (χ0) is 17.0. The largest absolute Gasteiger partial charge is 0.325 e. The first-order valence-corrected chi connectivity index (χ1v) is 7.67. The minimum atomic E-state index is -0.635. The highest BCUT2D eigenvalue weighted by atomic mass is 19.1. The van der Waals surface area contributed by atoms with E-state index in [4.69, 9.17) is 0 Å². The Bertz CT molecular complexity index is 710. The molecule has 0 aliphatic heterocycles. The Morgan fingerprint density at radius 2 is 1.83 bits per heavy atom. The van der Waals surface area contributed by atoms with Crippen LogP contribution in [0, 0.1) is 19.7 Å². The molecule has 3 nitrogen and oxygen atoms in total. The highest BCUT2D eigenvalue weighted by Gasteiger charge is 2.24. The standard InChI is InChI=1S/C19H23FN2O/c1-13-9-10-14(2)17(11-13)22-18(23)12-21-19(3,4)15-7-5-6-8-16(15)20/h5-11,21H,12H2,1-4H3,(H,22,23). The number of hydrogen-bond acceptors (Lipinski definition) is 2. The van der Waals surface area contributed by atoms with Crippen LogP contribution in [0.15, 0.2) is 42.5 Å². The van der Waals surface area contributed by atoms with Crippen LogP contribution in [0.1, 0.15) is 30.5 Å². The van der Waals surface area contributed by atoms with Gasteiger partial charge in [0.05, 0.1) is 6.54 Å². The molecule has 0 saturated carbocycles. The van der Waals surface area contributed by atoms with Crippen molar-refractivity contribution in [2.45, 2.75) is 33.2 Å². The van der Waals surface area contributed by atoms with Crippen molar-refractivity contribution in [3.05, 3.63) is 65.0 Å². The lowest BCUT2D eigenvalue weighted by Gasteiger charge is -2.27. The van der Waals surface area contributed by atoms with Crippen molar-refractivity contribution in [1.29, 1.82) is 0 Å². The first-order valence-electron chi connectivity index (χ1n) is 7.67. The summed E-state index contributed by atoms with van der Waals surface area (Å²) in [6.07, 6.45) is 0. The van der Waals surface area contributed by atoms with E-state index in [1.54, 1.807) is 18.2 Å². The van der Waals surface area contributed by atoms with Crippen LogP contribution in [-0.2, 0) is 10.3 Å². The van der Waals surface area contributed by atoms with Crippen LogP contribution in [0.25, 0.3) is 0 Å². The number of anilines is 1. The van der Waals surface area contributed by atoms with Crippen LogP contribution < -0.4 is 10.6 Å². The Labute approximate surface area is 136 Å². The summed E-state index contributed by atoms with van der Waals surface area (Å²) in [5, 5.41) is 6.01. The number of carbonyl (C=O) groups is 1. The highest BCUT2D eigenvalue weighted by Crippen LogP contribution is 2.22. The Hall–Kier alpha value is -2.20. The quantitative estimate of drug-likeness (QED) is 0.878. The van der Waals surface area contributed by atoms with E-state index in [1.165, 1.54) is 6.07 Å². The summed E-state index contributed by atoms with van der Waals surface area (Å²) in [6, 6.07) is 12.5. The van der Waals surface area contributed by atoms with E-state index >= 15 is 0 Å². The van der Waals surface area contributed by atoms with Crippen LogP contribution in [0.2, 0.25) is 0 Å². The minimum Gasteiger partial charge on any atom is -0.325 e. The third-order valence-corrected chi connectivity index (χ3v) is 3.91. The van der Waals surface area contributed by atoms with Crippen molar-refractivity contribution >= 4 is 11.6 Å². The third-order valence-electron chi connectivity index (χ3n) is 3.91. The average Bonchev–Trinajstić information content (AvgIpc) is 2.49. The van der Waals surface area contributed by atoms with Crippen LogP contribution in [0.3, 0.4) is 0 Å². The highest BCUT2D eigenvalue weighted by molar-refractivity contribution is 5.93. The zero-order valence-corrected chi connectivity index (χ0v) is 14.0. The van der Waals surface area contributed by atoms with Gasteiger partial charge in [-0.05, 0) is 51.0 Å². The van der Waals surface area contributed by atoms with Crippen molar-refractivity contribution in [1.82, 2.24) is 5.32 Å². The van der Waals surface area contributed by atoms with Crippen LogP contribution in [0.5, 0.6) is 0 Å². The van der Waals surface area contributed by atoms with E-state index in [2.05, 4.69) is 10.6 Å². The fraction of sp³-hybridized carbons (Fsp3) is 0.316. The molecule has 0 spiro atoms. The fourth-order valence-electron chi connectivity index (χ4n) is 2.43. The van der Waals surface area contributed by atoms with Gasteiger partial charge in [0.25, 0.3) is 0 Å². The number of rotatable bonds is 5. The number of aryl methyl sites for hydroxylation is 2. The summed E-state index contributed by atoms with van der Waals surface area (Å²) in [5.74, 6) is -0.428. The summed E-state index contributed by atoms with van der Waals surface area (Å²) in [6.45, 7) is 7.75. The molecule has 0 atom stereocenters. The first-order chi connectivity index (χ1) is 10.8. The SMILES string of the molecule is Cc1ccc(C)c(NC(=O)CNC(C)(C)c2ccccc2F)c1. The van der Waals surface area contributed by atoms with Crippen molar-refractivity contribution in [3.63, 3.8) is 0 Å². The summed E-state index contributed by atoms with van der Waals surface area (Å²) < 4.78 is 13.9. The molecule has 0 fully saturated rings. The second-order valence-corrected chi connectivity index (χ2v) is 6.32. The molecule has 0 saturated heterocycles. The molecule has 2 rings (SSSR count). The van der Waals surface area contributed by atoms with Crippen LogP contribution in [0.4, 0.5) is 10.1 Å². The van der Waals surface area contributed by atoms with Gasteiger partial charge in [0.2, 0.25) is 5.91 Å². The van der Waals surface area contributed by atoms with Crippen LogP contribution in [-0.4, -0.2) is 12.5 Å². The zero-order valence-electron chi connectivity index (χ0n) is 14.0. The lowest BCUT2D eigenvalue weighted by molar-refractivity contribution is -0.115. The minimum absolute atomic E-state index is 0.106. The van der Waals surface area contributed by atoms with E-state index < -0.39 is 5.54 Å². The molecule has 0 unspecified atom stereocenters. The number of hydrogen-bond donors (Lipinski definition) is 2. The smallest absolute Gasteiger partial charge is 0.238 e. The topological polar surface area (TPSA) is 41.1 Å². The molecule has 23 heavy (non-hydrogen) atoms. The Morgan fingerprint density at radius 3 is 2.52 bits per heavy atom. The molecular formula is C19H23FN2O. The third kappa shape index (κ3) is 4.39. The second kappa shape index (κ2) is 6.92. The molecule has 1 amide bonds. The second-order valence-electron chi connectivity index (χ2n) is 6.32. The Morgan fingerprint density at radius 1 is 1.13 bits per heavy atom. The van der Waals surface area contributed by atoms with Crippen molar-refractivity contribution < 1.29 is 9.18 Å². The monoisotopic (exact) mass is 314 g/mol. The lowest BCUT2D eigenvalue weighted by Crippen LogP contribution is -2.42. The predicted molar refractivity (Wildman–Crippen MR) is 92.0 cm³/mol. The lowest BCUT2D eigenvalue weighted by atomic mass is 9.94. The molecule has 122 valence electrons. The summed E-state index contributed by atoms with van der Waals surface area (Å²) in [5.41, 5.74) is 2.81. The molecule has 0 bridgehead atoms. The van der Waals surface area contributed by atoms with Gasteiger partial charge in [0.15, 0.2) is 0 Å². The van der Waals surface area contributed by atoms with Gasteiger partial charge in [0, 0.05) is 16.8 Å². The average molecular weight is 314 g/mol. The van der Waals surface area contributed by atoms with Crippen LogP contribution >= 0.6 is 0 Å². The predicted octanol–water partition coefficient (Wildman–Crippen LogP) is 3.91.